The smallest absolute Gasteiger partial charge is 0.134 e. The standard InChI is InChI=1S/C10H10N4/c1-13-4-5-14(8-13)10-3-2-9(6-11)7-12-10/h2-5,7H,8H2,1H3. The predicted molar refractivity (Wildman–Crippen MR) is 53.2 cm³/mol. The van der Waals surface area contributed by atoms with E-state index >= 15 is 0 Å². The van der Waals surface area contributed by atoms with Gasteiger partial charge in [0.05, 0.1) is 12.2 Å². The maximum atomic E-state index is 8.61. The van der Waals surface area contributed by atoms with Crippen LogP contribution in [-0.4, -0.2) is 23.6 Å². The van der Waals surface area contributed by atoms with Crippen LogP contribution in [0.25, 0.3) is 0 Å². The molecule has 1 aromatic heterocycles. The number of nitriles is 1. The quantitative estimate of drug-likeness (QED) is 0.659. The molecule has 0 aromatic carbocycles. The predicted octanol–water partition coefficient (Wildman–Crippen LogP) is 1.13. The zero-order valence-electron chi connectivity index (χ0n) is 7.88. The molecule has 14 heavy (non-hydrogen) atoms. The number of nitrogens with zero attached hydrogens (tertiary/aromatic N) is 4. The van der Waals surface area contributed by atoms with Gasteiger partial charge in [-0.05, 0) is 12.1 Å². The van der Waals surface area contributed by atoms with Crippen LogP contribution >= 0.6 is 0 Å². The van der Waals surface area contributed by atoms with Crippen LogP contribution in [0.2, 0.25) is 0 Å². The molecule has 70 valence electrons. The van der Waals surface area contributed by atoms with E-state index in [0.717, 1.165) is 12.5 Å². The third-order valence-electron chi connectivity index (χ3n) is 2.05. The minimum Gasteiger partial charge on any atom is -0.361 e. The van der Waals surface area contributed by atoms with Crippen molar-refractivity contribution < 1.29 is 0 Å². The van der Waals surface area contributed by atoms with Crippen LogP contribution in [0.1, 0.15) is 5.56 Å². The highest BCUT2D eigenvalue weighted by Gasteiger charge is 2.10. The Morgan fingerprint density at radius 3 is 2.79 bits per heavy atom. The van der Waals surface area contributed by atoms with Gasteiger partial charge in [0, 0.05) is 25.6 Å². The van der Waals surface area contributed by atoms with Crippen LogP contribution in [0.15, 0.2) is 30.7 Å². The van der Waals surface area contributed by atoms with Crippen LogP contribution in [-0.2, 0) is 0 Å². The van der Waals surface area contributed by atoms with E-state index in [2.05, 4.69) is 9.88 Å². The third-order valence-corrected chi connectivity index (χ3v) is 2.05. The lowest BCUT2D eigenvalue weighted by atomic mass is 10.3. The number of hydrogen-bond acceptors (Lipinski definition) is 4. The second-order valence-electron chi connectivity index (χ2n) is 3.18. The summed E-state index contributed by atoms with van der Waals surface area (Å²) in [5.74, 6) is 0.865. The summed E-state index contributed by atoms with van der Waals surface area (Å²) in [4.78, 5) is 8.26. The largest absolute Gasteiger partial charge is 0.361 e. The molecule has 0 fully saturated rings. The van der Waals surface area contributed by atoms with Gasteiger partial charge >= 0.3 is 0 Å². The first-order chi connectivity index (χ1) is 6.79. The van der Waals surface area contributed by atoms with Crippen LogP contribution < -0.4 is 4.90 Å². The molecule has 0 unspecified atom stereocenters. The lowest BCUT2D eigenvalue weighted by Crippen LogP contribution is -2.22. The zero-order chi connectivity index (χ0) is 9.97. The monoisotopic (exact) mass is 186 g/mol. The van der Waals surface area contributed by atoms with Crippen molar-refractivity contribution in [1.29, 1.82) is 5.26 Å². The molecule has 0 spiro atoms. The molecule has 0 radical (unpaired) electrons. The first-order valence-electron chi connectivity index (χ1n) is 4.31. The molecule has 0 atom stereocenters. The molecule has 0 N–H and O–H groups in total. The van der Waals surface area contributed by atoms with Gasteiger partial charge < -0.3 is 9.80 Å². The summed E-state index contributed by atoms with van der Waals surface area (Å²) < 4.78 is 0. The molecular weight excluding hydrogens is 176 g/mol. The molecule has 1 aromatic rings. The SMILES string of the molecule is CN1C=CN(c2ccc(C#N)cn2)C1. The second-order valence-corrected chi connectivity index (χ2v) is 3.18. The normalized spacial score (nSPS) is 14.6. The van der Waals surface area contributed by atoms with Gasteiger partial charge in [0.1, 0.15) is 11.9 Å². The maximum absolute atomic E-state index is 8.61. The summed E-state index contributed by atoms with van der Waals surface area (Å²) >= 11 is 0. The molecule has 1 aliphatic heterocycles. The van der Waals surface area contributed by atoms with Gasteiger partial charge in [-0.15, -0.1) is 0 Å². The van der Waals surface area contributed by atoms with E-state index in [4.69, 9.17) is 5.26 Å². The lowest BCUT2D eigenvalue weighted by molar-refractivity contribution is 0.494. The summed E-state index contributed by atoms with van der Waals surface area (Å²) in [6, 6.07) is 5.67. The Bertz CT molecular complexity index is 388. The van der Waals surface area contributed by atoms with Crippen molar-refractivity contribution in [2.45, 2.75) is 0 Å². The number of aromatic nitrogens is 1. The van der Waals surface area contributed by atoms with Gasteiger partial charge in [-0.1, -0.05) is 0 Å². The summed E-state index contributed by atoms with van der Waals surface area (Å²) in [5.41, 5.74) is 0.588. The summed E-state index contributed by atoms with van der Waals surface area (Å²) in [5, 5.41) is 8.61. The van der Waals surface area contributed by atoms with E-state index in [-0.39, 0.29) is 0 Å². The molecule has 0 amide bonds. The second kappa shape index (κ2) is 3.38. The van der Waals surface area contributed by atoms with E-state index in [1.54, 1.807) is 12.3 Å². The Labute approximate surface area is 82.7 Å². The average Bonchev–Trinajstić information content (AvgIpc) is 2.65. The number of hydrogen-bond donors (Lipinski definition) is 0. The van der Waals surface area contributed by atoms with Crippen LogP contribution in [0, 0.1) is 11.3 Å². The number of pyridine rings is 1. The fourth-order valence-corrected chi connectivity index (χ4v) is 1.30. The van der Waals surface area contributed by atoms with E-state index in [1.807, 2.05) is 36.5 Å². The topological polar surface area (TPSA) is 43.2 Å². The van der Waals surface area contributed by atoms with Crippen molar-refractivity contribution >= 4 is 5.82 Å². The number of rotatable bonds is 1. The molecule has 1 aliphatic rings. The molecule has 4 heteroatoms. The van der Waals surface area contributed by atoms with E-state index in [9.17, 15) is 0 Å². The van der Waals surface area contributed by atoms with E-state index < -0.39 is 0 Å². The first kappa shape index (κ1) is 8.57. The Kier molecular flexibility index (Phi) is 2.07. The minimum absolute atomic E-state index is 0.588. The summed E-state index contributed by atoms with van der Waals surface area (Å²) in [6.45, 7) is 0.804. The van der Waals surface area contributed by atoms with Gasteiger partial charge in [0.25, 0.3) is 0 Å². The van der Waals surface area contributed by atoms with Crippen LogP contribution in [0.5, 0.6) is 0 Å². The molecular formula is C10H10N4. The molecule has 0 bridgehead atoms. The van der Waals surface area contributed by atoms with Crippen LogP contribution in [0.4, 0.5) is 5.82 Å². The molecule has 0 aliphatic carbocycles. The zero-order valence-corrected chi connectivity index (χ0v) is 7.88. The molecule has 0 saturated heterocycles. The molecule has 0 saturated carbocycles. The van der Waals surface area contributed by atoms with Gasteiger partial charge in [0.15, 0.2) is 0 Å². The van der Waals surface area contributed by atoms with Crippen LogP contribution in [0.3, 0.4) is 0 Å². The first-order valence-corrected chi connectivity index (χ1v) is 4.31. The van der Waals surface area contributed by atoms with Crippen molar-refractivity contribution in [3.8, 4) is 6.07 Å². The van der Waals surface area contributed by atoms with E-state index in [1.165, 1.54) is 0 Å². The highest BCUT2D eigenvalue weighted by molar-refractivity contribution is 5.45. The maximum Gasteiger partial charge on any atom is 0.134 e. The highest BCUT2D eigenvalue weighted by atomic mass is 15.3. The van der Waals surface area contributed by atoms with Gasteiger partial charge in [-0.2, -0.15) is 5.26 Å². The average molecular weight is 186 g/mol. The van der Waals surface area contributed by atoms with Crippen molar-refractivity contribution in [1.82, 2.24) is 9.88 Å². The van der Waals surface area contributed by atoms with Crippen molar-refractivity contribution in [3.05, 3.63) is 36.3 Å². The van der Waals surface area contributed by atoms with E-state index in [0.29, 0.717) is 5.56 Å². The van der Waals surface area contributed by atoms with Crippen molar-refractivity contribution in [2.24, 2.45) is 0 Å². The minimum atomic E-state index is 0.588. The van der Waals surface area contributed by atoms with Crippen molar-refractivity contribution in [2.75, 3.05) is 18.6 Å². The Balaban J connectivity index is 2.19. The lowest BCUT2D eigenvalue weighted by Gasteiger charge is -2.16. The highest BCUT2D eigenvalue weighted by Crippen LogP contribution is 2.15. The summed E-state index contributed by atoms with van der Waals surface area (Å²) in [6.07, 6.45) is 5.54. The Morgan fingerprint density at radius 1 is 1.43 bits per heavy atom. The summed E-state index contributed by atoms with van der Waals surface area (Å²) in [7, 11) is 2.00. The van der Waals surface area contributed by atoms with Gasteiger partial charge in [-0.25, -0.2) is 4.98 Å². The fraction of sp³-hybridized carbons (Fsp3) is 0.200. The number of anilines is 1. The Hall–Kier alpha value is -2.02. The molecule has 2 heterocycles. The fourth-order valence-electron chi connectivity index (χ4n) is 1.30. The molecule has 2 rings (SSSR count). The Morgan fingerprint density at radius 2 is 2.29 bits per heavy atom. The van der Waals surface area contributed by atoms with Gasteiger partial charge in [0.2, 0.25) is 0 Å². The molecule has 4 nitrogen and oxygen atoms in total. The van der Waals surface area contributed by atoms with Crippen molar-refractivity contribution in [3.63, 3.8) is 0 Å². The van der Waals surface area contributed by atoms with Gasteiger partial charge in [-0.3, -0.25) is 0 Å². The third kappa shape index (κ3) is 1.52.